The van der Waals surface area contributed by atoms with Gasteiger partial charge in [0.25, 0.3) is 0 Å². The molecule has 0 unspecified atom stereocenters. The van der Waals surface area contributed by atoms with Gasteiger partial charge in [0.15, 0.2) is 0 Å². The number of carboxylic acids is 1. The van der Waals surface area contributed by atoms with Gasteiger partial charge in [-0.25, -0.2) is 0 Å². The fraction of sp³-hybridized carbons (Fsp3) is 0.100. The first-order valence-electron chi connectivity index (χ1n) is 7.56. The van der Waals surface area contributed by atoms with Crippen LogP contribution in [0.4, 0.5) is 0 Å². The molecule has 0 saturated carbocycles. The molecule has 0 fully saturated rings. The third kappa shape index (κ3) is 6.37. The number of halogens is 1. The van der Waals surface area contributed by atoms with E-state index < -0.39 is 11.9 Å². The van der Waals surface area contributed by atoms with Gasteiger partial charge >= 0.3 is 5.97 Å². The van der Waals surface area contributed by atoms with E-state index in [0.717, 1.165) is 11.1 Å². The highest BCUT2D eigenvalue weighted by molar-refractivity contribution is 5.85. The minimum absolute atomic E-state index is 0. The Balaban J connectivity index is 0.000000295. The zero-order valence-electron chi connectivity index (χ0n) is 13.5. The summed E-state index contributed by atoms with van der Waals surface area (Å²) in [4.78, 5) is 15.1. The van der Waals surface area contributed by atoms with Gasteiger partial charge in [-0.2, -0.15) is 0 Å². The Morgan fingerprint density at radius 1 is 0.840 bits per heavy atom. The molecular formula is C20H20ClNO3. The minimum Gasteiger partial charge on any atom is -0.481 e. The van der Waals surface area contributed by atoms with Gasteiger partial charge in [0.2, 0.25) is 0 Å². The quantitative estimate of drug-likeness (QED) is 0.743. The lowest BCUT2D eigenvalue weighted by atomic mass is 9.92. The van der Waals surface area contributed by atoms with E-state index in [4.69, 9.17) is 5.11 Å². The molecule has 0 saturated heterocycles. The molecule has 0 amide bonds. The molecule has 1 aromatic heterocycles. The van der Waals surface area contributed by atoms with Gasteiger partial charge in [-0.1, -0.05) is 66.7 Å². The Morgan fingerprint density at radius 2 is 1.32 bits per heavy atom. The molecule has 3 aromatic rings. The van der Waals surface area contributed by atoms with Crippen LogP contribution in [0, 0.1) is 0 Å². The van der Waals surface area contributed by atoms with Crippen molar-refractivity contribution in [3.05, 3.63) is 102 Å². The second-order valence-electron chi connectivity index (χ2n) is 5.07. The van der Waals surface area contributed by atoms with Crippen LogP contribution in [0.25, 0.3) is 0 Å². The summed E-state index contributed by atoms with van der Waals surface area (Å²) in [7, 11) is 0. The number of aliphatic hydroxyl groups excluding tert-OH is 1. The zero-order chi connectivity index (χ0) is 17.2. The fourth-order valence-electron chi connectivity index (χ4n) is 2.26. The summed E-state index contributed by atoms with van der Waals surface area (Å²) in [5.74, 6) is -1.40. The maximum Gasteiger partial charge on any atom is 0.315 e. The summed E-state index contributed by atoms with van der Waals surface area (Å²) in [5, 5.41) is 17.8. The lowest BCUT2D eigenvalue weighted by Crippen LogP contribution is -2.12. The molecule has 0 spiro atoms. The predicted molar refractivity (Wildman–Crippen MR) is 99.8 cm³/mol. The molecule has 130 valence electrons. The van der Waals surface area contributed by atoms with Crippen LogP contribution in [-0.2, 0) is 11.4 Å². The third-order valence-corrected chi connectivity index (χ3v) is 3.40. The van der Waals surface area contributed by atoms with Crippen molar-refractivity contribution in [3.8, 4) is 0 Å². The molecule has 2 aromatic carbocycles. The number of aromatic nitrogens is 1. The van der Waals surface area contributed by atoms with Crippen molar-refractivity contribution in [1.29, 1.82) is 0 Å². The number of hydrogen-bond acceptors (Lipinski definition) is 3. The first-order valence-corrected chi connectivity index (χ1v) is 7.56. The van der Waals surface area contributed by atoms with Crippen LogP contribution in [0.2, 0.25) is 0 Å². The Morgan fingerprint density at radius 3 is 1.64 bits per heavy atom. The Bertz CT molecular complexity index is 697. The van der Waals surface area contributed by atoms with Crippen molar-refractivity contribution < 1.29 is 15.0 Å². The average Bonchev–Trinajstić information content (AvgIpc) is 2.64. The van der Waals surface area contributed by atoms with Crippen molar-refractivity contribution in [2.45, 2.75) is 12.5 Å². The third-order valence-electron chi connectivity index (χ3n) is 3.40. The Hall–Kier alpha value is -2.69. The number of nitrogens with zero attached hydrogens (tertiary/aromatic N) is 1. The van der Waals surface area contributed by atoms with Gasteiger partial charge in [0, 0.05) is 6.20 Å². The summed E-state index contributed by atoms with van der Waals surface area (Å²) < 4.78 is 0. The van der Waals surface area contributed by atoms with E-state index in [1.54, 1.807) is 12.3 Å². The second-order valence-corrected chi connectivity index (χ2v) is 5.07. The van der Waals surface area contributed by atoms with E-state index in [1.165, 1.54) is 0 Å². The molecule has 5 heteroatoms. The van der Waals surface area contributed by atoms with Crippen LogP contribution in [0.15, 0.2) is 85.1 Å². The molecule has 25 heavy (non-hydrogen) atoms. The monoisotopic (exact) mass is 357 g/mol. The molecule has 4 nitrogen and oxygen atoms in total. The number of carbonyl (C=O) groups is 1. The summed E-state index contributed by atoms with van der Waals surface area (Å²) in [6.45, 7) is 0.0286. The minimum atomic E-state index is -0.822. The number of aliphatic carboxylic acids is 1. The van der Waals surface area contributed by atoms with Crippen molar-refractivity contribution in [2.75, 3.05) is 0 Å². The summed E-state index contributed by atoms with van der Waals surface area (Å²) in [5.41, 5.74) is 2.33. The predicted octanol–water partition coefficient (Wildman–Crippen LogP) is 3.90. The van der Waals surface area contributed by atoms with Gasteiger partial charge in [-0.3, -0.25) is 9.78 Å². The van der Waals surface area contributed by atoms with Crippen LogP contribution in [0.3, 0.4) is 0 Å². The lowest BCUT2D eigenvalue weighted by Gasteiger charge is -2.12. The van der Waals surface area contributed by atoms with Crippen LogP contribution >= 0.6 is 12.4 Å². The Labute approximate surface area is 153 Å². The van der Waals surface area contributed by atoms with Gasteiger partial charge in [0.05, 0.1) is 12.3 Å². The SMILES string of the molecule is Cl.O=C(O)C(c1ccccc1)c1ccccc1.OCc1ccccn1. The Kier molecular flexibility index (Phi) is 8.93. The normalized spacial score (nSPS) is 9.52. The van der Waals surface area contributed by atoms with Crippen molar-refractivity contribution in [3.63, 3.8) is 0 Å². The molecule has 0 atom stereocenters. The van der Waals surface area contributed by atoms with Crippen molar-refractivity contribution in [2.24, 2.45) is 0 Å². The second kappa shape index (κ2) is 11.0. The van der Waals surface area contributed by atoms with E-state index in [9.17, 15) is 9.90 Å². The zero-order valence-corrected chi connectivity index (χ0v) is 14.3. The number of rotatable bonds is 4. The van der Waals surface area contributed by atoms with E-state index in [1.807, 2.05) is 72.8 Å². The number of carboxylic acid groups (broad SMARTS) is 1. The highest BCUT2D eigenvalue weighted by Crippen LogP contribution is 2.24. The summed E-state index contributed by atoms with van der Waals surface area (Å²) >= 11 is 0. The molecule has 0 radical (unpaired) electrons. The average molecular weight is 358 g/mol. The van der Waals surface area contributed by atoms with E-state index in [-0.39, 0.29) is 19.0 Å². The fourth-order valence-corrected chi connectivity index (χ4v) is 2.26. The van der Waals surface area contributed by atoms with Gasteiger partial charge in [-0.15, -0.1) is 12.4 Å². The maximum absolute atomic E-state index is 11.3. The first-order chi connectivity index (χ1) is 11.7. The molecular weight excluding hydrogens is 338 g/mol. The van der Waals surface area contributed by atoms with Gasteiger partial charge < -0.3 is 10.2 Å². The van der Waals surface area contributed by atoms with Crippen LogP contribution in [-0.4, -0.2) is 21.2 Å². The molecule has 0 aliphatic heterocycles. The number of aliphatic hydroxyl groups is 1. The van der Waals surface area contributed by atoms with Crippen molar-refractivity contribution >= 4 is 18.4 Å². The summed E-state index contributed by atoms with van der Waals surface area (Å²) in [6.07, 6.45) is 1.66. The highest BCUT2D eigenvalue weighted by Gasteiger charge is 2.21. The molecule has 1 heterocycles. The smallest absolute Gasteiger partial charge is 0.315 e. The molecule has 0 aliphatic rings. The standard InChI is InChI=1S/C14H12O2.C6H7NO.ClH/c15-14(16)13(11-7-3-1-4-8-11)12-9-5-2-6-10-12;8-5-6-3-1-2-4-7-6;/h1-10,13H,(H,15,16);1-4,8H,5H2;1H. The number of hydrogen-bond donors (Lipinski definition) is 2. The first kappa shape index (κ1) is 20.4. The number of pyridine rings is 1. The lowest BCUT2D eigenvalue weighted by molar-refractivity contribution is -0.137. The topological polar surface area (TPSA) is 70.4 Å². The molecule has 2 N–H and O–H groups in total. The van der Waals surface area contributed by atoms with Gasteiger partial charge in [0.1, 0.15) is 5.92 Å². The molecule has 0 bridgehead atoms. The van der Waals surface area contributed by atoms with E-state index in [2.05, 4.69) is 4.98 Å². The molecule has 3 rings (SSSR count). The van der Waals surface area contributed by atoms with Gasteiger partial charge in [-0.05, 0) is 23.3 Å². The van der Waals surface area contributed by atoms with Crippen LogP contribution in [0.1, 0.15) is 22.7 Å². The van der Waals surface area contributed by atoms with Crippen LogP contribution in [0.5, 0.6) is 0 Å². The van der Waals surface area contributed by atoms with E-state index >= 15 is 0 Å². The van der Waals surface area contributed by atoms with Crippen LogP contribution < -0.4 is 0 Å². The van der Waals surface area contributed by atoms with E-state index in [0.29, 0.717) is 5.69 Å². The molecule has 0 aliphatic carbocycles. The van der Waals surface area contributed by atoms with Crippen molar-refractivity contribution in [1.82, 2.24) is 4.98 Å². The number of benzene rings is 2. The summed E-state index contributed by atoms with van der Waals surface area (Å²) in [6, 6.07) is 24.0. The highest BCUT2D eigenvalue weighted by atomic mass is 35.5. The largest absolute Gasteiger partial charge is 0.481 e. The maximum atomic E-state index is 11.3.